The van der Waals surface area contributed by atoms with Gasteiger partial charge in [-0.15, -0.1) is 0 Å². The topological polar surface area (TPSA) is 71.3 Å². The van der Waals surface area contributed by atoms with E-state index in [1.54, 1.807) is 13.2 Å². The number of nitriles is 1. The van der Waals surface area contributed by atoms with Crippen LogP contribution in [0.5, 0.6) is 5.75 Å². The molecule has 0 radical (unpaired) electrons. The first-order valence-electron chi connectivity index (χ1n) is 8.29. The Morgan fingerprint density at radius 2 is 2.16 bits per heavy atom. The van der Waals surface area contributed by atoms with Gasteiger partial charge in [-0.1, -0.05) is 18.2 Å². The summed E-state index contributed by atoms with van der Waals surface area (Å²) in [7, 11) is 1.63. The van der Waals surface area contributed by atoms with Crippen LogP contribution in [0, 0.1) is 11.3 Å². The highest BCUT2D eigenvalue weighted by Gasteiger charge is 2.17. The molecule has 1 atom stereocenters. The lowest BCUT2D eigenvalue weighted by Gasteiger charge is -2.10. The second kappa shape index (κ2) is 7.82. The van der Waals surface area contributed by atoms with Gasteiger partial charge in [0.05, 0.1) is 13.2 Å². The summed E-state index contributed by atoms with van der Waals surface area (Å²) in [6.45, 7) is 1.18. The average Bonchev–Trinajstić information content (AvgIpc) is 3.17. The molecule has 0 spiro atoms. The van der Waals surface area contributed by atoms with E-state index in [0.717, 1.165) is 41.5 Å². The van der Waals surface area contributed by atoms with E-state index in [-0.39, 0.29) is 17.6 Å². The summed E-state index contributed by atoms with van der Waals surface area (Å²) >= 11 is 0. The molecule has 5 heteroatoms. The van der Waals surface area contributed by atoms with Crippen LogP contribution in [0.3, 0.4) is 0 Å². The van der Waals surface area contributed by atoms with Crippen molar-refractivity contribution in [2.45, 2.75) is 18.9 Å². The van der Waals surface area contributed by atoms with E-state index < -0.39 is 0 Å². The average molecular weight is 336 g/mol. The van der Waals surface area contributed by atoms with Crippen molar-refractivity contribution >= 4 is 22.8 Å². The Morgan fingerprint density at radius 1 is 1.36 bits per heavy atom. The molecule has 1 unspecified atom stereocenters. The van der Waals surface area contributed by atoms with Gasteiger partial charge in [0.15, 0.2) is 0 Å². The Morgan fingerprint density at radius 3 is 2.88 bits per heavy atom. The predicted molar refractivity (Wildman–Crippen MR) is 96.1 cm³/mol. The van der Waals surface area contributed by atoms with Crippen molar-refractivity contribution in [3.63, 3.8) is 0 Å². The summed E-state index contributed by atoms with van der Waals surface area (Å²) < 4.78 is 10.7. The number of nitrogens with zero attached hydrogens (tertiary/aromatic N) is 1. The first kappa shape index (κ1) is 17.0. The number of methoxy groups -OCH3 is 1. The Labute approximate surface area is 146 Å². The summed E-state index contributed by atoms with van der Waals surface area (Å²) in [4.78, 5) is 12.2. The van der Waals surface area contributed by atoms with Gasteiger partial charge in [0.1, 0.15) is 17.4 Å². The zero-order valence-electron chi connectivity index (χ0n) is 14.1. The molecule has 1 fully saturated rings. The minimum absolute atomic E-state index is 0.0551. The lowest BCUT2D eigenvalue weighted by Crippen LogP contribution is -2.32. The number of ether oxygens (including phenoxy) is 2. The van der Waals surface area contributed by atoms with Crippen molar-refractivity contribution in [3.05, 3.63) is 47.5 Å². The molecule has 2 aromatic rings. The number of amides is 1. The van der Waals surface area contributed by atoms with Crippen LogP contribution in [0.15, 0.2) is 42.0 Å². The summed E-state index contributed by atoms with van der Waals surface area (Å²) in [5.41, 5.74) is 0.896. The van der Waals surface area contributed by atoms with Crippen molar-refractivity contribution in [3.8, 4) is 11.8 Å². The monoisotopic (exact) mass is 336 g/mol. The van der Waals surface area contributed by atoms with E-state index in [1.807, 2.05) is 42.5 Å². The Balaban J connectivity index is 1.75. The van der Waals surface area contributed by atoms with E-state index in [9.17, 15) is 10.1 Å². The van der Waals surface area contributed by atoms with E-state index >= 15 is 0 Å². The van der Waals surface area contributed by atoms with Crippen LogP contribution in [-0.4, -0.2) is 32.3 Å². The molecule has 1 aliphatic heterocycles. The fourth-order valence-electron chi connectivity index (χ4n) is 2.88. The summed E-state index contributed by atoms with van der Waals surface area (Å²) in [6.07, 6.45) is 3.62. The molecule has 0 aromatic heterocycles. The number of rotatable bonds is 5. The number of nitrogens with one attached hydrogen (secondary N) is 1. The lowest BCUT2D eigenvalue weighted by atomic mass is 10.0. The van der Waals surface area contributed by atoms with Crippen LogP contribution >= 0.6 is 0 Å². The van der Waals surface area contributed by atoms with Gasteiger partial charge in [0, 0.05) is 13.2 Å². The van der Waals surface area contributed by atoms with Gasteiger partial charge in [-0.25, -0.2) is 0 Å². The number of carbonyl (C=O) groups excluding carboxylic acids is 1. The molecule has 1 N–H and O–H groups in total. The van der Waals surface area contributed by atoms with Crippen molar-refractivity contribution in [2.24, 2.45) is 0 Å². The van der Waals surface area contributed by atoms with Gasteiger partial charge in [-0.3, -0.25) is 4.79 Å². The number of benzene rings is 2. The third-order valence-electron chi connectivity index (χ3n) is 4.26. The minimum Gasteiger partial charge on any atom is -0.497 e. The van der Waals surface area contributed by atoms with E-state index in [2.05, 4.69) is 5.32 Å². The van der Waals surface area contributed by atoms with E-state index in [1.165, 1.54) is 0 Å². The third kappa shape index (κ3) is 4.17. The fourth-order valence-corrected chi connectivity index (χ4v) is 2.88. The van der Waals surface area contributed by atoms with Gasteiger partial charge >= 0.3 is 0 Å². The van der Waals surface area contributed by atoms with Gasteiger partial charge in [0.25, 0.3) is 5.91 Å². The molecule has 2 aromatic carbocycles. The first-order valence-corrected chi connectivity index (χ1v) is 8.29. The van der Waals surface area contributed by atoms with Crippen molar-refractivity contribution in [1.82, 2.24) is 5.32 Å². The predicted octanol–water partition coefficient (Wildman–Crippen LogP) is 3.05. The van der Waals surface area contributed by atoms with Crippen LogP contribution in [0.4, 0.5) is 0 Å². The highest BCUT2D eigenvalue weighted by atomic mass is 16.5. The SMILES string of the molecule is COc1ccc2cc(C=C(C#N)C(=O)NCC3CCCO3)ccc2c1. The molecular weight excluding hydrogens is 316 g/mol. The first-order chi connectivity index (χ1) is 12.2. The van der Waals surface area contributed by atoms with Crippen molar-refractivity contribution in [2.75, 3.05) is 20.3 Å². The van der Waals surface area contributed by atoms with E-state index in [4.69, 9.17) is 9.47 Å². The molecule has 0 bridgehead atoms. The normalized spacial score (nSPS) is 17.3. The van der Waals surface area contributed by atoms with Gasteiger partial charge in [0.2, 0.25) is 0 Å². The lowest BCUT2D eigenvalue weighted by molar-refractivity contribution is -0.117. The van der Waals surface area contributed by atoms with E-state index in [0.29, 0.717) is 6.54 Å². The van der Waals surface area contributed by atoms with Crippen LogP contribution in [-0.2, 0) is 9.53 Å². The molecule has 5 nitrogen and oxygen atoms in total. The quantitative estimate of drug-likeness (QED) is 0.673. The van der Waals surface area contributed by atoms with Gasteiger partial charge in [-0.05, 0) is 53.5 Å². The number of hydrogen-bond acceptors (Lipinski definition) is 4. The highest BCUT2D eigenvalue weighted by molar-refractivity contribution is 6.02. The maximum absolute atomic E-state index is 12.2. The highest BCUT2D eigenvalue weighted by Crippen LogP contribution is 2.22. The van der Waals surface area contributed by atoms with Crippen molar-refractivity contribution in [1.29, 1.82) is 5.26 Å². The molecular formula is C20H20N2O3. The molecule has 1 saturated heterocycles. The molecule has 1 amide bonds. The molecule has 0 aliphatic carbocycles. The van der Waals surface area contributed by atoms with Crippen LogP contribution < -0.4 is 10.1 Å². The largest absolute Gasteiger partial charge is 0.497 e. The van der Waals surface area contributed by atoms with Gasteiger partial charge in [-0.2, -0.15) is 5.26 Å². The number of fused-ring (bicyclic) bond motifs is 1. The van der Waals surface area contributed by atoms with Crippen LogP contribution in [0.2, 0.25) is 0 Å². The fraction of sp³-hybridized carbons (Fsp3) is 0.300. The molecule has 0 saturated carbocycles. The summed E-state index contributed by atoms with van der Waals surface area (Å²) in [6, 6.07) is 13.5. The van der Waals surface area contributed by atoms with Crippen LogP contribution in [0.1, 0.15) is 18.4 Å². The second-order valence-electron chi connectivity index (χ2n) is 5.99. The minimum atomic E-state index is -0.368. The smallest absolute Gasteiger partial charge is 0.262 e. The number of carbonyl (C=O) groups is 1. The Hall–Kier alpha value is -2.84. The molecule has 3 rings (SSSR count). The number of hydrogen-bond donors (Lipinski definition) is 1. The third-order valence-corrected chi connectivity index (χ3v) is 4.26. The maximum atomic E-state index is 12.2. The summed E-state index contributed by atoms with van der Waals surface area (Å²) in [5, 5.41) is 14.1. The van der Waals surface area contributed by atoms with Crippen LogP contribution in [0.25, 0.3) is 16.8 Å². The zero-order valence-corrected chi connectivity index (χ0v) is 14.1. The van der Waals surface area contributed by atoms with Crippen molar-refractivity contribution < 1.29 is 14.3 Å². The molecule has 25 heavy (non-hydrogen) atoms. The maximum Gasteiger partial charge on any atom is 0.262 e. The summed E-state index contributed by atoms with van der Waals surface area (Å²) in [5.74, 6) is 0.426. The standard InChI is InChI=1S/C20H20N2O3/c1-24-18-7-6-15-9-14(4-5-16(15)11-18)10-17(12-21)20(23)22-13-19-3-2-8-25-19/h4-7,9-11,19H,2-3,8,13H2,1H3,(H,22,23). The Kier molecular flexibility index (Phi) is 5.32. The zero-order chi connectivity index (χ0) is 17.6. The molecule has 1 heterocycles. The molecule has 1 aliphatic rings. The molecule has 128 valence electrons. The second-order valence-corrected chi connectivity index (χ2v) is 5.99. The van der Waals surface area contributed by atoms with Gasteiger partial charge < -0.3 is 14.8 Å². The Bertz CT molecular complexity index is 846.